The van der Waals surface area contributed by atoms with E-state index in [9.17, 15) is 18.4 Å². The first-order chi connectivity index (χ1) is 17.9. The third-order valence-electron chi connectivity index (χ3n) is 3.59. The maximum Gasteiger partial charge on any atom is 0.407 e. The smallest absolute Gasteiger partial charge is 0.407 e. The summed E-state index contributed by atoms with van der Waals surface area (Å²) in [6.07, 6.45) is -0.879. The first kappa shape index (κ1) is 37.4. The quantitative estimate of drug-likeness (QED) is 0.160. The zero-order chi connectivity index (χ0) is 30.2. The summed E-state index contributed by atoms with van der Waals surface area (Å²) >= 11 is 7.18. The summed E-state index contributed by atoms with van der Waals surface area (Å²) in [5.41, 5.74) is -0.941. The number of carbonyl (C=O) groups excluding carboxylic acids is 2. The van der Waals surface area contributed by atoms with Crippen molar-refractivity contribution in [2.24, 2.45) is 0 Å². The van der Waals surface area contributed by atoms with E-state index in [2.05, 4.69) is 26.6 Å². The molecule has 0 saturated carbocycles. The van der Waals surface area contributed by atoms with Crippen LogP contribution in [0.15, 0.2) is 36.4 Å². The number of aromatic hydroxyl groups is 1. The number of phenolic OH excluding ortho intramolecular Hbond substituents is 1. The Morgan fingerprint density at radius 2 is 1.31 bits per heavy atom. The van der Waals surface area contributed by atoms with Crippen LogP contribution in [0.4, 0.5) is 18.4 Å². The van der Waals surface area contributed by atoms with Crippen LogP contribution < -0.4 is 15.4 Å². The Labute approximate surface area is 264 Å². The fourth-order valence-electron chi connectivity index (χ4n) is 2.17. The highest BCUT2D eigenvalue weighted by Crippen LogP contribution is 2.19. The molecule has 0 atom stereocenters. The van der Waals surface area contributed by atoms with Crippen LogP contribution in [0.1, 0.15) is 41.5 Å². The van der Waals surface area contributed by atoms with Crippen LogP contribution in [0, 0.1) is 18.8 Å². The van der Waals surface area contributed by atoms with E-state index in [0.29, 0.717) is 6.54 Å². The fourth-order valence-corrected chi connectivity index (χ4v) is 3.27. The average Bonchev–Trinajstić information content (AvgIpc) is 2.78. The van der Waals surface area contributed by atoms with Gasteiger partial charge in [-0.15, -0.1) is 0 Å². The number of carbonyl (C=O) groups is 2. The maximum atomic E-state index is 13.4. The van der Waals surface area contributed by atoms with Gasteiger partial charge < -0.3 is 30.0 Å². The van der Waals surface area contributed by atoms with Crippen LogP contribution in [0.3, 0.4) is 0 Å². The van der Waals surface area contributed by atoms with E-state index in [1.54, 1.807) is 39.0 Å². The zero-order valence-corrected chi connectivity index (χ0v) is 28.6. The lowest BCUT2D eigenvalue weighted by atomic mass is 10.2. The maximum absolute atomic E-state index is 13.4. The lowest BCUT2D eigenvalue weighted by molar-refractivity contribution is 0.0513. The third kappa shape index (κ3) is 20.9. The molecule has 0 unspecified atom stereocenters. The molecule has 0 aromatic heterocycles. The first-order valence-electron chi connectivity index (χ1n) is 11.6. The number of phenols is 1. The number of benzene rings is 2. The van der Waals surface area contributed by atoms with E-state index in [0.717, 1.165) is 12.5 Å². The van der Waals surface area contributed by atoms with Crippen molar-refractivity contribution in [3.8, 4) is 11.5 Å². The lowest BCUT2D eigenvalue weighted by Gasteiger charge is -2.19. The van der Waals surface area contributed by atoms with Crippen LogP contribution in [-0.2, 0) is 9.47 Å². The summed E-state index contributed by atoms with van der Waals surface area (Å²) in [7, 11) is 0. The number of alkyl carbamates (subject to hydrolysis) is 2. The van der Waals surface area contributed by atoms with E-state index >= 15 is 0 Å². The Kier molecular flexibility index (Phi) is 17.9. The minimum atomic E-state index is -0.568. The average molecular weight is 843 g/mol. The molecule has 0 fully saturated rings. The molecule has 0 bridgehead atoms. The predicted molar refractivity (Wildman–Crippen MR) is 168 cm³/mol. The van der Waals surface area contributed by atoms with Crippen LogP contribution >= 0.6 is 61.1 Å². The van der Waals surface area contributed by atoms with Gasteiger partial charge in [-0.1, -0.05) is 15.9 Å². The Morgan fingerprint density at radius 3 is 1.72 bits per heavy atom. The number of nitrogens with one attached hydrogen (secondary N) is 2. The molecule has 0 aliphatic carbocycles. The number of rotatable bonds is 6. The number of hydrogen-bond acceptors (Lipinski definition) is 6. The van der Waals surface area contributed by atoms with Gasteiger partial charge in [0.05, 0.1) is 6.54 Å². The van der Waals surface area contributed by atoms with Crippen molar-refractivity contribution >= 4 is 73.3 Å². The molecule has 39 heavy (non-hydrogen) atoms. The number of amides is 2. The summed E-state index contributed by atoms with van der Waals surface area (Å²) in [5.74, 6) is -1.10. The largest absolute Gasteiger partial charge is 0.505 e. The van der Waals surface area contributed by atoms with E-state index in [1.165, 1.54) is 18.2 Å². The number of hydrogen-bond donors (Lipinski definition) is 3. The molecular weight excluding hydrogens is 808 g/mol. The van der Waals surface area contributed by atoms with E-state index < -0.39 is 28.9 Å². The van der Waals surface area contributed by atoms with Crippen LogP contribution in [0.2, 0.25) is 0 Å². The summed E-state index contributed by atoms with van der Waals surface area (Å²) in [5, 5.41) is 14.5. The Bertz CT molecular complexity index is 1050. The molecule has 0 heterocycles. The van der Waals surface area contributed by atoms with E-state index in [-0.39, 0.29) is 30.7 Å². The van der Waals surface area contributed by atoms with Crippen LogP contribution in [-0.4, -0.2) is 53.5 Å². The molecule has 8 nitrogen and oxygen atoms in total. The second-order valence-corrected chi connectivity index (χ2v) is 12.8. The van der Waals surface area contributed by atoms with Crippen molar-refractivity contribution < 1.29 is 37.7 Å². The van der Waals surface area contributed by atoms with Gasteiger partial charge in [0.15, 0.2) is 23.1 Å². The van der Waals surface area contributed by atoms with Crippen molar-refractivity contribution in [2.75, 3.05) is 25.0 Å². The van der Waals surface area contributed by atoms with Gasteiger partial charge in [-0.2, -0.15) is 0 Å². The molecule has 220 valence electrons. The molecule has 0 saturated heterocycles. The van der Waals surface area contributed by atoms with Crippen LogP contribution in [0.5, 0.6) is 11.5 Å². The third-order valence-corrected chi connectivity index (χ3v) is 5.33. The predicted octanol–water partition coefficient (Wildman–Crippen LogP) is 7.38. The van der Waals surface area contributed by atoms with E-state index in [4.69, 9.17) is 19.3 Å². The van der Waals surface area contributed by atoms with Crippen molar-refractivity contribution in [1.29, 1.82) is 0 Å². The van der Waals surface area contributed by atoms with Gasteiger partial charge in [-0.05, 0) is 123 Å². The molecule has 0 aliphatic heterocycles. The van der Waals surface area contributed by atoms with Gasteiger partial charge in [0, 0.05) is 19.0 Å². The Morgan fingerprint density at radius 1 is 0.846 bits per heavy atom. The number of ether oxygens (including phenoxy) is 3. The Hall–Kier alpha value is -1.62. The van der Waals surface area contributed by atoms with Crippen molar-refractivity contribution in [3.63, 3.8) is 0 Å². The highest BCUT2D eigenvalue weighted by Gasteiger charge is 2.16. The summed E-state index contributed by atoms with van der Waals surface area (Å²) < 4.78 is 42.6. The van der Waals surface area contributed by atoms with Gasteiger partial charge in [0.1, 0.15) is 17.8 Å². The SMILES string of the molecule is CC(C)(C)OC(=O)NCCBr.CC(C)(C)OC(=O)NCCOc1ccc(I)cc1F.Oc1ccc(I)cc1F. The van der Waals surface area contributed by atoms with Crippen molar-refractivity contribution in [2.45, 2.75) is 52.7 Å². The molecule has 2 aromatic rings. The standard InChI is InChI=1S/C13H17FINO3.C7H14BrNO2.C6H4FIO/c1-13(2,3)19-12(17)16-6-7-18-11-5-4-9(15)8-10(11)14;1-7(2,3)11-6(10)9-5-4-8;7-5-3-4(8)1-2-6(5)9/h4-5,8H,6-7H2,1-3H3,(H,16,17);4-5H2,1-3H3,(H,9,10);1-3,9H. The van der Waals surface area contributed by atoms with Gasteiger partial charge >= 0.3 is 12.2 Å². The molecule has 2 amide bonds. The number of halogens is 5. The van der Waals surface area contributed by atoms with Crippen LogP contribution in [0.25, 0.3) is 0 Å². The second kappa shape index (κ2) is 18.7. The normalized spacial score (nSPS) is 10.6. The molecule has 2 aromatic carbocycles. The zero-order valence-electron chi connectivity index (χ0n) is 22.7. The summed E-state index contributed by atoms with van der Waals surface area (Å²) in [6.45, 7) is 11.9. The molecule has 0 radical (unpaired) electrons. The molecule has 13 heteroatoms. The summed E-state index contributed by atoms with van der Waals surface area (Å²) in [6, 6.07) is 8.94. The van der Waals surface area contributed by atoms with Crippen molar-refractivity contribution in [1.82, 2.24) is 10.6 Å². The minimum Gasteiger partial charge on any atom is -0.505 e. The highest BCUT2D eigenvalue weighted by molar-refractivity contribution is 14.1. The minimum absolute atomic E-state index is 0.173. The number of alkyl halides is 1. The Balaban J connectivity index is 0.000000611. The van der Waals surface area contributed by atoms with E-state index in [1.807, 2.05) is 66.0 Å². The molecule has 0 spiro atoms. The second-order valence-electron chi connectivity index (χ2n) is 9.57. The highest BCUT2D eigenvalue weighted by atomic mass is 127. The molecule has 0 aliphatic rings. The van der Waals surface area contributed by atoms with Gasteiger partial charge in [0.2, 0.25) is 0 Å². The molecular formula is C26H35BrF2I2N2O6. The van der Waals surface area contributed by atoms with Gasteiger partial charge in [-0.3, -0.25) is 0 Å². The monoisotopic (exact) mass is 842 g/mol. The molecule has 2 rings (SSSR count). The van der Waals surface area contributed by atoms with Gasteiger partial charge in [-0.25, -0.2) is 18.4 Å². The lowest BCUT2D eigenvalue weighted by Crippen LogP contribution is -2.34. The molecule has 3 N–H and O–H groups in total. The summed E-state index contributed by atoms with van der Waals surface area (Å²) in [4.78, 5) is 22.2. The first-order valence-corrected chi connectivity index (χ1v) is 14.9. The van der Waals surface area contributed by atoms with Gasteiger partial charge in [0.25, 0.3) is 0 Å². The van der Waals surface area contributed by atoms with Crippen molar-refractivity contribution in [3.05, 3.63) is 55.2 Å². The fraction of sp³-hybridized carbons (Fsp3) is 0.462. The topological polar surface area (TPSA) is 106 Å².